The Labute approximate surface area is 98.2 Å². The van der Waals surface area contributed by atoms with E-state index in [1.807, 2.05) is 13.0 Å². The molecular formula is C14H20N2. The van der Waals surface area contributed by atoms with E-state index in [1.165, 1.54) is 11.1 Å². The molecule has 0 amide bonds. The van der Waals surface area contributed by atoms with Gasteiger partial charge in [0.05, 0.1) is 5.71 Å². The van der Waals surface area contributed by atoms with E-state index in [0.717, 1.165) is 24.4 Å². The number of nitrogens with zero attached hydrogens (tertiary/aromatic N) is 1. The van der Waals surface area contributed by atoms with Crippen LogP contribution < -0.4 is 5.32 Å². The van der Waals surface area contributed by atoms with Crippen LogP contribution in [0.5, 0.6) is 0 Å². The number of likely N-dealkylation sites (N-methyl/N-ethyl adjacent to an activating group) is 1. The molecule has 0 bridgehead atoms. The van der Waals surface area contributed by atoms with Crippen LogP contribution in [0.2, 0.25) is 0 Å². The van der Waals surface area contributed by atoms with Gasteiger partial charge in [0.1, 0.15) is 0 Å². The van der Waals surface area contributed by atoms with Crippen LogP contribution in [-0.4, -0.2) is 18.8 Å². The van der Waals surface area contributed by atoms with Crippen LogP contribution in [-0.2, 0) is 0 Å². The number of hydrogen-bond donors (Lipinski definition) is 1. The Morgan fingerprint density at radius 2 is 2.19 bits per heavy atom. The maximum Gasteiger partial charge on any atom is 0.0701 e. The van der Waals surface area contributed by atoms with Gasteiger partial charge in [0.25, 0.3) is 0 Å². The zero-order valence-electron chi connectivity index (χ0n) is 10.4. The van der Waals surface area contributed by atoms with Gasteiger partial charge in [0, 0.05) is 12.7 Å². The van der Waals surface area contributed by atoms with Gasteiger partial charge < -0.3 is 5.32 Å². The molecule has 1 aliphatic rings. The Kier molecular flexibility index (Phi) is 4.93. The SMILES string of the molecule is C=C1C(C)=CC(CNCC)=C/C1=N/C=C\C. The van der Waals surface area contributed by atoms with Gasteiger partial charge in [-0.25, -0.2) is 0 Å². The lowest BCUT2D eigenvalue weighted by Gasteiger charge is -2.15. The minimum Gasteiger partial charge on any atom is -0.313 e. The maximum atomic E-state index is 4.38. The van der Waals surface area contributed by atoms with Gasteiger partial charge in [-0.1, -0.05) is 25.7 Å². The molecule has 0 aromatic rings. The van der Waals surface area contributed by atoms with E-state index in [2.05, 4.69) is 42.9 Å². The number of aliphatic imine (C=N–C) groups is 1. The van der Waals surface area contributed by atoms with Crippen LogP contribution in [0.15, 0.2) is 52.7 Å². The molecular weight excluding hydrogens is 196 g/mol. The van der Waals surface area contributed by atoms with E-state index in [-0.39, 0.29) is 0 Å². The minimum absolute atomic E-state index is 0.885. The molecule has 2 heteroatoms. The van der Waals surface area contributed by atoms with Crippen molar-refractivity contribution >= 4 is 5.71 Å². The van der Waals surface area contributed by atoms with E-state index in [9.17, 15) is 0 Å². The van der Waals surface area contributed by atoms with Gasteiger partial charge in [-0.3, -0.25) is 4.99 Å². The van der Waals surface area contributed by atoms with Crippen molar-refractivity contribution in [3.05, 3.63) is 47.7 Å². The van der Waals surface area contributed by atoms with Crippen molar-refractivity contribution < 1.29 is 0 Å². The van der Waals surface area contributed by atoms with Crippen LogP contribution in [0.1, 0.15) is 20.8 Å². The second-order valence-corrected chi connectivity index (χ2v) is 3.80. The Balaban J connectivity index is 2.90. The summed E-state index contributed by atoms with van der Waals surface area (Å²) in [6.45, 7) is 12.1. The molecule has 1 aliphatic carbocycles. The average molecular weight is 216 g/mol. The summed E-state index contributed by atoms with van der Waals surface area (Å²) in [6.07, 6.45) is 7.99. The van der Waals surface area contributed by atoms with Crippen LogP contribution >= 0.6 is 0 Å². The molecule has 1 rings (SSSR count). The Hall–Kier alpha value is -1.41. The summed E-state index contributed by atoms with van der Waals surface area (Å²) < 4.78 is 0. The van der Waals surface area contributed by atoms with Crippen molar-refractivity contribution in [3.63, 3.8) is 0 Å². The van der Waals surface area contributed by atoms with E-state index in [1.54, 1.807) is 6.20 Å². The molecule has 0 saturated heterocycles. The van der Waals surface area contributed by atoms with E-state index < -0.39 is 0 Å². The highest BCUT2D eigenvalue weighted by Crippen LogP contribution is 2.19. The smallest absolute Gasteiger partial charge is 0.0701 e. The fourth-order valence-electron chi connectivity index (χ4n) is 1.51. The highest BCUT2D eigenvalue weighted by atomic mass is 14.8. The van der Waals surface area contributed by atoms with Gasteiger partial charge in [0.2, 0.25) is 0 Å². The molecule has 0 fully saturated rings. The third kappa shape index (κ3) is 3.31. The van der Waals surface area contributed by atoms with Gasteiger partial charge in [0.15, 0.2) is 0 Å². The second-order valence-electron chi connectivity index (χ2n) is 3.80. The first-order chi connectivity index (χ1) is 7.69. The minimum atomic E-state index is 0.885. The van der Waals surface area contributed by atoms with Crippen molar-refractivity contribution in [3.8, 4) is 0 Å². The second kappa shape index (κ2) is 6.23. The van der Waals surface area contributed by atoms with Gasteiger partial charge in [-0.05, 0) is 43.2 Å². The third-order valence-corrected chi connectivity index (χ3v) is 2.45. The monoisotopic (exact) mass is 216 g/mol. The molecule has 0 radical (unpaired) electrons. The van der Waals surface area contributed by atoms with Crippen LogP contribution in [0, 0.1) is 0 Å². The van der Waals surface area contributed by atoms with Gasteiger partial charge in [-0.15, -0.1) is 0 Å². The molecule has 2 nitrogen and oxygen atoms in total. The molecule has 0 atom stereocenters. The summed E-state index contributed by atoms with van der Waals surface area (Å²) in [5.74, 6) is 0. The van der Waals surface area contributed by atoms with Crippen molar-refractivity contribution in [1.82, 2.24) is 5.32 Å². The molecule has 0 aliphatic heterocycles. The third-order valence-electron chi connectivity index (χ3n) is 2.45. The predicted molar refractivity (Wildman–Crippen MR) is 71.8 cm³/mol. The average Bonchev–Trinajstić information content (AvgIpc) is 2.28. The van der Waals surface area contributed by atoms with Gasteiger partial charge in [-0.2, -0.15) is 0 Å². The largest absolute Gasteiger partial charge is 0.313 e. The number of nitrogens with one attached hydrogen (secondary N) is 1. The number of rotatable bonds is 4. The lowest BCUT2D eigenvalue weighted by atomic mass is 9.94. The quantitative estimate of drug-likeness (QED) is 0.767. The zero-order valence-corrected chi connectivity index (χ0v) is 10.4. The normalized spacial score (nSPS) is 19.2. The van der Waals surface area contributed by atoms with E-state index in [4.69, 9.17) is 0 Å². The highest BCUT2D eigenvalue weighted by Gasteiger charge is 2.10. The first kappa shape index (κ1) is 12.7. The molecule has 1 N–H and O–H groups in total. The molecule has 0 aromatic carbocycles. The van der Waals surface area contributed by atoms with E-state index in [0.29, 0.717) is 0 Å². The van der Waals surface area contributed by atoms with Crippen LogP contribution in [0.4, 0.5) is 0 Å². The standard InChI is InChI=1S/C14H20N2/c1-5-7-16-14-9-13(10-15-6-2)8-11(3)12(14)4/h5,7-9,15H,4,6,10H2,1-3H3/b7-5-,16-14-. The topological polar surface area (TPSA) is 24.4 Å². The summed E-state index contributed by atoms with van der Waals surface area (Å²) in [4.78, 5) is 4.38. The van der Waals surface area contributed by atoms with Crippen molar-refractivity contribution in [1.29, 1.82) is 0 Å². The Morgan fingerprint density at radius 3 is 2.81 bits per heavy atom. The van der Waals surface area contributed by atoms with Crippen molar-refractivity contribution in [2.24, 2.45) is 4.99 Å². The predicted octanol–water partition coefficient (Wildman–Crippen LogP) is 3.01. The summed E-state index contributed by atoms with van der Waals surface area (Å²) in [5, 5.41) is 3.31. The molecule has 0 aromatic heterocycles. The molecule has 0 heterocycles. The fraction of sp³-hybridized carbons (Fsp3) is 0.357. The molecule has 86 valence electrons. The van der Waals surface area contributed by atoms with Gasteiger partial charge >= 0.3 is 0 Å². The molecule has 16 heavy (non-hydrogen) atoms. The summed E-state index contributed by atoms with van der Waals surface area (Å²) >= 11 is 0. The summed E-state index contributed by atoms with van der Waals surface area (Å²) in [7, 11) is 0. The summed E-state index contributed by atoms with van der Waals surface area (Å²) in [5.41, 5.74) is 4.43. The van der Waals surface area contributed by atoms with Crippen molar-refractivity contribution in [2.75, 3.05) is 13.1 Å². The Bertz CT molecular complexity index is 382. The van der Waals surface area contributed by atoms with E-state index >= 15 is 0 Å². The summed E-state index contributed by atoms with van der Waals surface area (Å²) in [6, 6.07) is 0. The highest BCUT2D eigenvalue weighted by molar-refractivity contribution is 6.13. The lowest BCUT2D eigenvalue weighted by molar-refractivity contribution is 0.784. The first-order valence-electron chi connectivity index (χ1n) is 5.67. The maximum absolute atomic E-state index is 4.38. The molecule has 0 unspecified atom stereocenters. The van der Waals surface area contributed by atoms with Crippen LogP contribution in [0.3, 0.4) is 0 Å². The number of allylic oxidation sites excluding steroid dienone is 4. The molecule has 0 saturated carbocycles. The van der Waals surface area contributed by atoms with Crippen molar-refractivity contribution in [2.45, 2.75) is 20.8 Å². The molecule has 0 spiro atoms. The first-order valence-corrected chi connectivity index (χ1v) is 5.67. The lowest BCUT2D eigenvalue weighted by Crippen LogP contribution is -2.18. The fourth-order valence-corrected chi connectivity index (χ4v) is 1.51. The number of hydrogen-bond acceptors (Lipinski definition) is 2. The zero-order chi connectivity index (χ0) is 12.0. The van der Waals surface area contributed by atoms with Crippen LogP contribution in [0.25, 0.3) is 0 Å². The Morgan fingerprint density at radius 1 is 1.44 bits per heavy atom.